The van der Waals surface area contributed by atoms with Crippen LogP contribution in [0.2, 0.25) is 0 Å². The first-order chi connectivity index (χ1) is 14.7. The molecule has 12 heteroatoms. The number of ether oxygens (including phenoxy) is 2. The van der Waals surface area contributed by atoms with Crippen LogP contribution in [0.25, 0.3) is 5.95 Å². The van der Waals surface area contributed by atoms with Crippen LogP contribution >= 0.6 is 0 Å². The van der Waals surface area contributed by atoms with Gasteiger partial charge in [0.15, 0.2) is 11.5 Å². The molecule has 2 heterocycles. The van der Waals surface area contributed by atoms with Crippen LogP contribution < -0.4 is 20.3 Å². The van der Waals surface area contributed by atoms with Crippen molar-refractivity contribution in [1.29, 1.82) is 0 Å². The third-order valence-electron chi connectivity index (χ3n) is 4.60. The third kappa shape index (κ3) is 4.08. The van der Waals surface area contributed by atoms with Crippen LogP contribution in [0.3, 0.4) is 0 Å². The Balaban J connectivity index is 2.06. The second-order valence-electron chi connectivity index (χ2n) is 6.62. The number of nitrogens with zero attached hydrogens (tertiary/aromatic N) is 4. The number of H-pyrrole nitrogens is 1. The first kappa shape index (κ1) is 21.5. The van der Waals surface area contributed by atoms with E-state index >= 15 is 0 Å². The van der Waals surface area contributed by atoms with Crippen molar-refractivity contribution in [3.8, 4) is 17.4 Å². The number of nitrogens with one attached hydrogen (secondary N) is 2. The molecule has 0 spiro atoms. The van der Waals surface area contributed by atoms with E-state index < -0.39 is 16.5 Å². The van der Waals surface area contributed by atoms with E-state index in [1.165, 1.54) is 25.0 Å². The third-order valence-corrected chi connectivity index (χ3v) is 4.60. The lowest BCUT2D eigenvalue weighted by atomic mass is 10.1. The van der Waals surface area contributed by atoms with Crippen LogP contribution in [0.4, 0.5) is 11.5 Å². The summed E-state index contributed by atoms with van der Waals surface area (Å²) < 4.78 is 11.5. The fourth-order valence-electron chi connectivity index (χ4n) is 2.87. The zero-order valence-electron chi connectivity index (χ0n) is 17.5. The first-order valence-electron chi connectivity index (χ1n) is 9.02. The molecule has 0 aliphatic heterocycles. The Bertz CT molecular complexity index is 1250. The van der Waals surface area contributed by atoms with E-state index in [0.717, 1.165) is 6.07 Å². The number of aromatic nitrogens is 4. The molecular weight excluding hydrogens is 408 g/mol. The number of nitro groups is 1. The van der Waals surface area contributed by atoms with Crippen molar-refractivity contribution in [2.45, 2.75) is 20.8 Å². The van der Waals surface area contributed by atoms with E-state index in [1.807, 2.05) is 0 Å². The fourth-order valence-corrected chi connectivity index (χ4v) is 2.87. The molecule has 0 atom stereocenters. The SMILES string of the molecule is COc1cc(C(=O)Nc2cc(C)nn2-c2nc(C)c(C)c(=O)[nH]2)c([N+](=O)[O-])cc1OC. The number of aryl methyl sites for hydroxylation is 2. The van der Waals surface area contributed by atoms with Gasteiger partial charge in [-0.25, -0.2) is 4.98 Å². The minimum absolute atomic E-state index is 0.0957. The van der Waals surface area contributed by atoms with Gasteiger partial charge in [-0.3, -0.25) is 24.7 Å². The standard InChI is InChI=1S/C19H20N6O6/c1-9-6-16(24(23-9)19-20-11(3)10(2)17(26)22-19)21-18(27)12-7-14(30-4)15(31-5)8-13(12)25(28)29/h6-8H,1-5H3,(H,21,27)(H,20,22,26). The Hall–Kier alpha value is -4.22. The number of carbonyl (C=O) groups is 1. The zero-order chi connectivity index (χ0) is 22.9. The number of hydrogen-bond donors (Lipinski definition) is 2. The van der Waals surface area contributed by atoms with E-state index in [9.17, 15) is 19.7 Å². The molecule has 0 bridgehead atoms. The number of methoxy groups -OCH3 is 2. The average Bonchev–Trinajstić information content (AvgIpc) is 3.10. The van der Waals surface area contributed by atoms with Crippen LogP contribution in [0.5, 0.6) is 11.5 Å². The second-order valence-corrected chi connectivity index (χ2v) is 6.62. The lowest BCUT2D eigenvalue weighted by Crippen LogP contribution is -2.21. The summed E-state index contributed by atoms with van der Waals surface area (Å²) in [6.07, 6.45) is 0. The number of hydrogen-bond acceptors (Lipinski definition) is 8. The molecule has 0 fully saturated rings. The molecule has 0 saturated heterocycles. The minimum atomic E-state index is -0.778. The van der Waals surface area contributed by atoms with Crippen molar-refractivity contribution < 1.29 is 19.2 Å². The van der Waals surface area contributed by atoms with Crippen LogP contribution in [0, 0.1) is 30.9 Å². The van der Waals surface area contributed by atoms with Gasteiger partial charge in [-0.1, -0.05) is 0 Å². The molecule has 12 nitrogen and oxygen atoms in total. The molecule has 0 unspecified atom stereocenters. The summed E-state index contributed by atoms with van der Waals surface area (Å²) in [6.45, 7) is 5.00. The maximum absolute atomic E-state index is 12.9. The lowest BCUT2D eigenvalue weighted by molar-refractivity contribution is -0.385. The maximum atomic E-state index is 12.9. The molecule has 0 aliphatic carbocycles. The van der Waals surface area contributed by atoms with E-state index in [2.05, 4.69) is 20.4 Å². The molecule has 3 aromatic rings. The normalized spacial score (nSPS) is 10.6. The molecular formula is C19H20N6O6. The number of anilines is 1. The van der Waals surface area contributed by atoms with Crippen molar-refractivity contribution in [2.24, 2.45) is 0 Å². The summed E-state index contributed by atoms with van der Waals surface area (Å²) >= 11 is 0. The number of amides is 1. The molecule has 0 radical (unpaired) electrons. The fraction of sp³-hybridized carbons (Fsp3) is 0.263. The maximum Gasteiger partial charge on any atom is 0.286 e. The quantitative estimate of drug-likeness (QED) is 0.447. The van der Waals surface area contributed by atoms with Crippen LogP contribution in [0.15, 0.2) is 23.0 Å². The largest absolute Gasteiger partial charge is 0.493 e. The molecule has 0 saturated carbocycles. The monoisotopic (exact) mass is 428 g/mol. The van der Waals surface area contributed by atoms with Crippen molar-refractivity contribution in [2.75, 3.05) is 19.5 Å². The number of rotatable bonds is 6. The van der Waals surface area contributed by atoms with E-state index in [4.69, 9.17) is 9.47 Å². The van der Waals surface area contributed by atoms with E-state index in [-0.39, 0.29) is 34.4 Å². The van der Waals surface area contributed by atoms with Gasteiger partial charge in [0.25, 0.3) is 17.2 Å². The second kappa shape index (κ2) is 8.26. The molecule has 162 valence electrons. The van der Waals surface area contributed by atoms with Crippen molar-refractivity contribution >= 4 is 17.4 Å². The number of aromatic amines is 1. The van der Waals surface area contributed by atoms with E-state index in [0.29, 0.717) is 17.0 Å². The summed E-state index contributed by atoms with van der Waals surface area (Å²) in [6, 6.07) is 3.87. The van der Waals surface area contributed by atoms with Gasteiger partial charge in [0, 0.05) is 23.4 Å². The Labute approximate surface area is 176 Å². The molecule has 1 aromatic carbocycles. The van der Waals surface area contributed by atoms with Crippen LogP contribution in [0.1, 0.15) is 27.3 Å². The molecule has 31 heavy (non-hydrogen) atoms. The predicted molar refractivity (Wildman–Crippen MR) is 110 cm³/mol. The summed E-state index contributed by atoms with van der Waals surface area (Å²) in [5.74, 6) is -0.247. The van der Waals surface area contributed by atoms with Gasteiger partial charge in [-0.05, 0) is 20.8 Å². The Kier molecular flexibility index (Phi) is 5.72. The zero-order valence-corrected chi connectivity index (χ0v) is 17.5. The summed E-state index contributed by atoms with van der Waals surface area (Å²) in [7, 11) is 2.69. The number of benzene rings is 1. The average molecular weight is 428 g/mol. The predicted octanol–water partition coefficient (Wildman–Crippen LogP) is 2.06. The lowest BCUT2D eigenvalue weighted by Gasteiger charge is -2.12. The van der Waals surface area contributed by atoms with Crippen LogP contribution in [-0.4, -0.2) is 44.8 Å². The topological polar surface area (TPSA) is 154 Å². The molecule has 1 amide bonds. The van der Waals surface area contributed by atoms with Crippen molar-refractivity contribution in [3.63, 3.8) is 0 Å². The first-order valence-corrected chi connectivity index (χ1v) is 9.02. The van der Waals surface area contributed by atoms with Gasteiger partial charge in [0.2, 0.25) is 5.95 Å². The van der Waals surface area contributed by atoms with Crippen LogP contribution in [-0.2, 0) is 0 Å². The summed E-state index contributed by atoms with van der Waals surface area (Å²) in [4.78, 5) is 42.8. The molecule has 0 aliphatic rings. The molecule has 3 rings (SSSR count). The van der Waals surface area contributed by atoms with Gasteiger partial charge in [-0.2, -0.15) is 9.78 Å². The van der Waals surface area contributed by atoms with Gasteiger partial charge < -0.3 is 14.8 Å². The number of carbonyl (C=O) groups excluding carboxylic acids is 1. The Morgan fingerprint density at radius 3 is 2.39 bits per heavy atom. The number of nitro benzene ring substituents is 1. The summed E-state index contributed by atoms with van der Waals surface area (Å²) in [5.41, 5.74) is 0.436. The molecule has 2 N–H and O–H groups in total. The summed E-state index contributed by atoms with van der Waals surface area (Å²) in [5, 5.41) is 18.3. The van der Waals surface area contributed by atoms with E-state index in [1.54, 1.807) is 26.8 Å². The minimum Gasteiger partial charge on any atom is -0.493 e. The highest BCUT2D eigenvalue weighted by Gasteiger charge is 2.26. The Morgan fingerprint density at radius 1 is 1.16 bits per heavy atom. The van der Waals surface area contributed by atoms with Crippen molar-refractivity contribution in [1.82, 2.24) is 19.7 Å². The highest BCUT2D eigenvalue weighted by molar-refractivity contribution is 6.07. The molecule has 2 aromatic heterocycles. The van der Waals surface area contributed by atoms with Gasteiger partial charge in [-0.15, -0.1) is 0 Å². The highest BCUT2D eigenvalue weighted by Crippen LogP contribution is 2.35. The van der Waals surface area contributed by atoms with Gasteiger partial charge in [0.05, 0.1) is 30.9 Å². The van der Waals surface area contributed by atoms with Gasteiger partial charge in [0.1, 0.15) is 11.4 Å². The van der Waals surface area contributed by atoms with Crippen molar-refractivity contribution in [3.05, 3.63) is 61.2 Å². The Morgan fingerprint density at radius 2 is 1.81 bits per heavy atom. The van der Waals surface area contributed by atoms with Gasteiger partial charge >= 0.3 is 0 Å². The highest BCUT2D eigenvalue weighted by atomic mass is 16.6. The smallest absolute Gasteiger partial charge is 0.286 e.